The zero-order chi connectivity index (χ0) is 21.0. The summed E-state index contributed by atoms with van der Waals surface area (Å²) >= 11 is 6.13. The minimum atomic E-state index is -0.304. The van der Waals surface area contributed by atoms with E-state index in [0.717, 1.165) is 22.4 Å². The summed E-state index contributed by atoms with van der Waals surface area (Å²) in [5.41, 5.74) is 4.08. The van der Waals surface area contributed by atoms with E-state index >= 15 is 0 Å². The van der Waals surface area contributed by atoms with Crippen LogP contribution < -0.4 is 16.2 Å². The van der Waals surface area contributed by atoms with E-state index in [1.54, 1.807) is 13.0 Å². The van der Waals surface area contributed by atoms with Crippen LogP contribution in [0.3, 0.4) is 0 Å². The second-order valence-electron chi connectivity index (χ2n) is 7.02. The van der Waals surface area contributed by atoms with Crippen LogP contribution in [0, 0.1) is 20.8 Å². The van der Waals surface area contributed by atoms with Crippen molar-refractivity contribution < 1.29 is 4.79 Å². The van der Waals surface area contributed by atoms with E-state index in [4.69, 9.17) is 11.6 Å². The SMILES string of the molecule is Cc1cc(C)cc(Nc2nc(C)cc(=O)n2CC(=O)NCc2ccccc2Cl)c1. The molecule has 0 radical (unpaired) electrons. The number of nitrogens with one attached hydrogen (secondary N) is 2. The Morgan fingerprint density at radius 3 is 2.45 bits per heavy atom. The summed E-state index contributed by atoms with van der Waals surface area (Å²) < 4.78 is 1.33. The maximum Gasteiger partial charge on any atom is 0.255 e. The van der Waals surface area contributed by atoms with Gasteiger partial charge in [-0.15, -0.1) is 0 Å². The molecule has 29 heavy (non-hydrogen) atoms. The van der Waals surface area contributed by atoms with Crippen LogP contribution in [0.5, 0.6) is 0 Å². The highest BCUT2D eigenvalue weighted by atomic mass is 35.5. The summed E-state index contributed by atoms with van der Waals surface area (Å²) in [5.74, 6) is 0.0223. The molecule has 0 saturated heterocycles. The van der Waals surface area contributed by atoms with Crippen LogP contribution >= 0.6 is 11.6 Å². The zero-order valence-corrected chi connectivity index (χ0v) is 17.4. The van der Waals surface area contributed by atoms with Crippen molar-refractivity contribution in [3.05, 3.63) is 86.3 Å². The molecule has 0 aliphatic heterocycles. The van der Waals surface area contributed by atoms with Crippen molar-refractivity contribution in [1.29, 1.82) is 0 Å². The number of halogens is 1. The minimum absolute atomic E-state index is 0.149. The summed E-state index contributed by atoms with van der Waals surface area (Å²) in [7, 11) is 0. The Bertz CT molecular complexity index is 1090. The van der Waals surface area contributed by atoms with Crippen LogP contribution in [-0.2, 0) is 17.9 Å². The third kappa shape index (κ3) is 5.45. The fourth-order valence-electron chi connectivity index (χ4n) is 3.08. The number of benzene rings is 2. The summed E-state index contributed by atoms with van der Waals surface area (Å²) in [6.07, 6.45) is 0. The van der Waals surface area contributed by atoms with Gasteiger partial charge in [0.05, 0.1) is 0 Å². The fourth-order valence-corrected chi connectivity index (χ4v) is 3.28. The number of aromatic nitrogens is 2. The summed E-state index contributed by atoms with van der Waals surface area (Å²) in [6.45, 7) is 5.88. The van der Waals surface area contributed by atoms with Crippen molar-refractivity contribution in [1.82, 2.24) is 14.9 Å². The monoisotopic (exact) mass is 410 g/mol. The van der Waals surface area contributed by atoms with E-state index in [9.17, 15) is 9.59 Å². The van der Waals surface area contributed by atoms with E-state index in [0.29, 0.717) is 16.7 Å². The molecule has 2 N–H and O–H groups in total. The normalized spacial score (nSPS) is 10.6. The number of amides is 1. The highest BCUT2D eigenvalue weighted by Gasteiger charge is 2.12. The third-order valence-corrected chi connectivity index (χ3v) is 4.72. The molecular weight excluding hydrogens is 388 g/mol. The zero-order valence-electron chi connectivity index (χ0n) is 16.6. The van der Waals surface area contributed by atoms with Gasteiger partial charge >= 0.3 is 0 Å². The lowest BCUT2D eigenvalue weighted by Gasteiger charge is -2.15. The molecule has 1 amide bonds. The Morgan fingerprint density at radius 1 is 1.07 bits per heavy atom. The smallest absolute Gasteiger partial charge is 0.255 e. The molecule has 2 aromatic carbocycles. The molecule has 3 rings (SSSR count). The van der Waals surface area contributed by atoms with Crippen LogP contribution in [0.4, 0.5) is 11.6 Å². The van der Waals surface area contributed by atoms with Crippen molar-refractivity contribution in [2.75, 3.05) is 5.32 Å². The molecule has 0 saturated carbocycles. The van der Waals surface area contributed by atoms with Crippen LogP contribution in [0.1, 0.15) is 22.4 Å². The Hall–Kier alpha value is -3.12. The van der Waals surface area contributed by atoms with Gasteiger partial charge in [0, 0.05) is 29.0 Å². The second kappa shape index (κ2) is 8.92. The molecule has 150 valence electrons. The van der Waals surface area contributed by atoms with Gasteiger partial charge in [-0.2, -0.15) is 0 Å². The van der Waals surface area contributed by atoms with Gasteiger partial charge in [0.25, 0.3) is 5.56 Å². The van der Waals surface area contributed by atoms with Crippen molar-refractivity contribution in [2.45, 2.75) is 33.9 Å². The molecule has 0 aliphatic carbocycles. The molecule has 0 fully saturated rings. The lowest BCUT2D eigenvalue weighted by atomic mass is 10.1. The summed E-state index contributed by atoms with van der Waals surface area (Å²) in [4.78, 5) is 29.4. The lowest BCUT2D eigenvalue weighted by molar-refractivity contribution is -0.121. The second-order valence-corrected chi connectivity index (χ2v) is 7.42. The van der Waals surface area contributed by atoms with Gasteiger partial charge < -0.3 is 10.6 Å². The first-order chi connectivity index (χ1) is 13.8. The van der Waals surface area contributed by atoms with E-state index in [2.05, 4.69) is 21.7 Å². The van der Waals surface area contributed by atoms with Gasteiger partial charge in [-0.1, -0.05) is 35.9 Å². The minimum Gasteiger partial charge on any atom is -0.350 e. The molecule has 0 spiro atoms. The maximum atomic E-state index is 12.5. The number of anilines is 2. The maximum absolute atomic E-state index is 12.5. The lowest BCUT2D eigenvalue weighted by Crippen LogP contribution is -2.33. The van der Waals surface area contributed by atoms with Crippen molar-refractivity contribution in [2.24, 2.45) is 0 Å². The van der Waals surface area contributed by atoms with E-state index in [1.807, 2.05) is 44.2 Å². The summed E-state index contributed by atoms with van der Waals surface area (Å²) in [6, 6.07) is 14.7. The van der Waals surface area contributed by atoms with E-state index in [-0.39, 0.29) is 24.6 Å². The Labute approximate surface area is 174 Å². The van der Waals surface area contributed by atoms with Gasteiger partial charge in [-0.3, -0.25) is 14.2 Å². The quantitative estimate of drug-likeness (QED) is 0.646. The third-order valence-electron chi connectivity index (χ3n) is 4.35. The van der Waals surface area contributed by atoms with Crippen LogP contribution in [0.15, 0.2) is 53.3 Å². The van der Waals surface area contributed by atoms with Crippen molar-refractivity contribution >= 4 is 29.1 Å². The molecule has 7 heteroatoms. The predicted molar refractivity (Wildman–Crippen MR) is 116 cm³/mol. The number of rotatable bonds is 6. The highest BCUT2D eigenvalue weighted by Crippen LogP contribution is 2.18. The number of carbonyl (C=O) groups excluding carboxylic acids is 1. The van der Waals surface area contributed by atoms with Gasteiger partial charge in [-0.05, 0) is 55.7 Å². The van der Waals surface area contributed by atoms with Crippen LogP contribution in [0.2, 0.25) is 5.02 Å². The average Bonchev–Trinajstić information content (AvgIpc) is 2.63. The number of hydrogen-bond donors (Lipinski definition) is 2. The van der Waals surface area contributed by atoms with Crippen molar-refractivity contribution in [3.63, 3.8) is 0 Å². The van der Waals surface area contributed by atoms with Crippen molar-refractivity contribution in [3.8, 4) is 0 Å². The molecule has 6 nitrogen and oxygen atoms in total. The van der Waals surface area contributed by atoms with Gasteiger partial charge in [0.1, 0.15) is 6.54 Å². The standard InChI is InChI=1S/C22H23ClN4O2/c1-14-8-15(2)10-18(9-14)26-22-25-16(3)11-21(29)27(22)13-20(28)24-12-17-6-4-5-7-19(17)23/h4-11H,12-13H2,1-3H3,(H,24,28)(H,25,26). The Balaban J connectivity index is 1.80. The Morgan fingerprint density at radius 2 is 1.76 bits per heavy atom. The fraction of sp³-hybridized carbons (Fsp3) is 0.227. The first-order valence-electron chi connectivity index (χ1n) is 9.26. The highest BCUT2D eigenvalue weighted by molar-refractivity contribution is 6.31. The molecule has 0 atom stereocenters. The molecule has 0 unspecified atom stereocenters. The van der Waals surface area contributed by atoms with Crippen LogP contribution in [-0.4, -0.2) is 15.5 Å². The van der Waals surface area contributed by atoms with Crippen LogP contribution in [0.25, 0.3) is 0 Å². The Kier molecular flexibility index (Phi) is 6.34. The van der Waals surface area contributed by atoms with Gasteiger partial charge in [-0.25, -0.2) is 4.98 Å². The van der Waals surface area contributed by atoms with E-state index in [1.165, 1.54) is 10.6 Å². The molecule has 0 bridgehead atoms. The molecule has 1 aromatic heterocycles. The van der Waals surface area contributed by atoms with E-state index < -0.39 is 0 Å². The number of carbonyl (C=O) groups is 1. The first-order valence-corrected chi connectivity index (χ1v) is 9.63. The van der Waals surface area contributed by atoms with Gasteiger partial charge in [0.2, 0.25) is 11.9 Å². The topological polar surface area (TPSA) is 76.0 Å². The summed E-state index contributed by atoms with van der Waals surface area (Å²) in [5, 5.41) is 6.56. The molecular formula is C22H23ClN4O2. The largest absolute Gasteiger partial charge is 0.350 e. The number of aryl methyl sites for hydroxylation is 3. The molecule has 1 heterocycles. The predicted octanol–water partition coefficient (Wildman–Crippen LogP) is 3.88. The van der Waals surface area contributed by atoms with Gasteiger partial charge in [0.15, 0.2) is 0 Å². The molecule has 0 aliphatic rings. The first kappa shape index (κ1) is 20.6. The molecule has 3 aromatic rings. The average molecular weight is 411 g/mol. The number of nitrogens with zero attached hydrogens (tertiary/aromatic N) is 2. The number of hydrogen-bond acceptors (Lipinski definition) is 4.